The van der Waals surface area contributed by atoms with Gasteiger partial charge in [-0.05, 0) is 18.9 Å². The van der Waals surface area contributed by atoms with Crippen molar-refractivity contribution in [2.24, 2.45) is 0 Å². The summed E-state index contributed by atoms with van der Waals surface area (Å²) in [6.45, 7) is 4.66. The fourth-order valence-corrected chi connectivity index (χ4v) is 3.18. The average molecular weight is 349 g/mol. The molecule has 2 aliphatic heterocycles. The van der Waals surface area contributed by atoms with Crippen molar-refractivity contribution >= 4 is 11.6 Å². The summed E-state index contributed by atoms with van der Waals surface area (Å²) < 4.78 is 11.0. The molecule has 0 saturated carbocycles. The molecule has 0 radical (unpaired) electrons. The number of hydrogen-bond acceptors (Lipinski definition) is 6. The quantitative estimate of drug-likeness (QED) is 0.568. The highest BCUT2D eigenvalue weighted by atomic mass is 16.6. The maximum Gasteiger partial charge on any atom is 0.310 e. The van der Waals surface area contributed by atoms with Crippen LogP contribution in [-0.2, 0) is 9.53 Å². The van der Waals surface area contributed by atoms with Crippen LogP contribution in [0.4, 0.5) is 5.69 Å². The first-order chi connectivity index (χ1) is 12.1. The van der Waals surface area contributed by atoms with Gasteiger partial charge in [0.2, 0.25) is 0 Å². The van der Waals surface area contributed by atoms with E-state index in [1.54, 1.807) is 18.2 Å². The first-order valence-corrected chi connectivity index (χ1v) is 8.64. The van der Waals surface area contributed by atoms with Gasteiger partial charge in [0.25, 0.3) is 5.91 Å². The smallest absolute Gasteiger partial charge is 0.310 e. The summed E-state index contributed by atoms with van der Waals surface area (Å²) in [6.07, 6.45) is 1.52. The molecule has 8 heteroatoms. The minimum absolute atomic E-state index is 0.0190. The zero-order chi connectivity index (χ0) is 17.6. The van der Waals surface area contributed by atoms with Gasteiger partial charge < -0.3 is 14.4 Å². The molecule has 1 atom stereocenters. The third kappa shape index (κ3) is 4.46. The fraction of sp³-hybridized carbons (Fsp3) is 0.588. The van der Waals surface area contributed by atoms with Crippen LogP contribution in [-0.4, -0.2) is 72.7 Å². The van der Waals surface area contributed by atoms with Crippen LogP contribution in [0.3, 0.4) is 0 Å². The van der Waals surface area contributed by atoms with Crippen LogP contribution in [0.1, 0.15) is 12.8 Å². The van der Waals surface area contributed by atoms with Crippen LogP contribution in [0.15, 0.2) is 24.3 Å². The lowest BCUT2D eigenvalue weighted by Gasteiger charge is -2.35. The number of amides is 1. The van der Waals surface area contributed by atoms with E-state index in [2.05, 4.69) is 4.90 Å². The highest BCUT2D eigenvalue weighted by molar-refractivity contribution is 5.81. The van der Waals surface area contributed by atoms with E-state index in [9.17, 15) is 14.9 Å². The van der Waals surface area contributed by atoms with Gasteiger partial charge in [-0.1, -0.05) is 12.1 Å². The van der Waals surface area contributed by atoms with E-state index in [0.717, 1.165) is 25.9 Å². The number of carbonyl (C=O) groups is 1. The van der Waals surface area contributed by atoms with Crippen molar-refractivity contribution < 1.29 is 19.2 Å². The Kier molecular flexibility index (Phi) is 5.83. The minimum atomic E-state index is -0.440. The Balaban J connectivity index is 1.41. The Morgan fingerprint density at radius 1 is 1.28 bits per heavy atom. The number of para-hydroxylation sites is 2. The molecule has 136 valence electrons. The van der Waals surface area contributed by atoms with Gasteiger partial charge in [0.1, 0.15) is 12.7 Å². The van der Waals surface area contributed by atoms with Gasteiger partial charge >= 0.3 is 5.69 Å². The molecule has 1 aromatic rings. The van der Waals surface area contributed by atoms with E-state index in [1.165, 1.54) is 6.07 Å². The molecule has 2 saturated heterocycles. The van der Waals surface area contributed by atoms with Crippen molar-refractivity contribution in [1.29, 1.82) is 0 Å². The van der Waals surface area contributed by atoms with Crippen molar-refractivity contribution in [1.82, 2.24) is 9.80 Å². The lowest BCUT2D eigenvalue weighted by molar-refractivity contribution is -0.385. The summed E-state index contributed by atoms with van der Waals surface area (Å²) in [4.78, 5) is 26.9. The zero-order valence-electron chi connectivity index (χ0n) is 14.1. The number of ether oxygens (including phenoxy) is 2. The molecule has 0 aromatic heterocycles. The molecule has 3 rings (SSSR count). The van der Waals surface area contributed by atoms with Gasteiger partial charge in [-0.2, -0.15) is 0 Å². The summed E-state index contributed by atoms with van der Waals surface area (Å²) in [7, 11) is 0. The van der Waals surface area contributed by atoms with E-state index in [0.29, 0.717) is 38.6 Å². The first kappa shape index (κ1) is 17.6. The Morgan fingerprint density at radius 3 is 2.72 bits per heavy atom. The molecule has 2 heterocycles. The lowest BCUT2D eigenvalue weighted by Crippen LogP contribution is -2.52. The van der Waals surface area contributed by atoms with Crippen molar-refractivity contribution in [3.05, 3.63) is 34.4 Å². The second-order valence-corrected chi connectivity index (χ2v) is 6.24. The van der Waals surface area contributed by atoms with Crippen molar-refractivity contribution in [3.63, 3.8) is 0 Å². The van der Waals surface area contributed by atoms with E-state index in [1.807, 2.05) is 4.90 Å². The first-order valence-electron chi connectivity index (χ1n) is 8.64. The topological polar surface area (TPSA) is 85.2 Å². The van der Waals surface area contributed by atoms with Gasteiger partial charge in [-0.15, -0.1) is 0 Å². The number of nitrogens with zero attached hydrogens (tertiary/aromatic N) is 3. The average Bonchev–Trinajstić information content (AvgIpc) is 3.17. The molecule has 1 unspecified atom stereocenters. The molecule has 1 amide bonds. The summed E-state index contributed by atoms with van der Waals surface area (Å²) in [5.41, 5.74) is -0.0190. The third-order valence-electron chi connectivity index (χ3n) is 4.62. The Morgan fingerprint density at radius 2 is 2.04 bits per heavy atom. The summed E-state index contributed by atoms with van der Waals surface area (Å²) >= 11 is 0. The molecule has 0 bridgehead atoms. The van der Waals surface area contributed by atoms with Crippen LogP contribution in [0, 0.1) is 10.1 Å². The molecule has 8 nitrogen and oxygen atoms in total. The molecular weight excluding hydrogens is 326 g/mol. The van der Waals surface area contributed by atoms with Gasteiger partial charge in [0.05, 0.1) is 4.92 Å². The number of benzene rings is 1. The second kappa shape index (κ2) is 8.26. The second-order valence-electron chi connectivity index (χ2n) is 6.24. The predicted octanol–water partition coefficient (Wildman–Crippen LogP) is 1.30. The third-order valence-corrected chi connectivity index (χ3v) is 4.62. The van der Waals surface area contributed by atoms with Gasteiger partial charge in [-0.3, -0.25) is 19.8 Å². The molecule has 2 fully saturated rings. The van der Waals surface area contributed by atoms with E-state index in [-0.39, 0.29) is 17.7 Å². The molecule has 1 aromatic carbocycles. The predicted molar refractivity (Wildman–Crippen MR) is 90.6 cm³/mol. The fourth-order valence-electron chi connectivity index (χ4n) is 3.18. The van der Waals surface area contributed by atoms with Crippen molar-refractivity contribution in [3.8, 4) is 5.75 Å². The highest BCUT2D eigenvalue weighted by Crippen LogP contribution is 2.25. The van der Waals surface area contributed by atoms with Crippen LogP contribution < -0.4 is 4.74 Å². The standard InChI is InChI=1S/C17H23N3O5/c21-17(16-6-3-12-24-16)19-9-7-18(8-10-19)11-13-25-15-5-2-1-4-14(15)20(22)23/h1-2,4-5,16H,3,6-13H2. The van der Waals surface area contributed by atoms with E-state index in [4.69, 9.17) is 9.47 Å². The molecular formula is C17H23N3O5. The Bertz CT molecular complexity index is 610. The minimum Gasteiger partial charge on any atom is -0.485 e. The van der Waals surface area contributed by atoms with E-state index < -0.39 is 4.92 Å². The summed E-state index contributed by atoms with van der Waals surface area (Å²) in [5, 5.41) is 11.0. The number of nitro benzene ring substituents is 1. The van der Waals surface area contributed by atoms with Crippen LogP contribution in [0.5, 0.6) is 5.75 Å². The Labute approximate surface area is 146 Å². The molecule has 0 aliphatic carbocycles. The van der Waals surface area contributed by atoms with Crippen molar-refractivity contribution in [2.75, 3.05) is 45.9 Å². The number of piperazine rings is 1. The zero-order valence-corrected chi connectivity index (χ0v) is 14.1. The Hall–Kier alpha value is -2.19. The van der Waals surface area contributed by atoms with Crippen LogP contribution >= 0.6 is 0 Å². The molecule has 0 N–H and O–H groups in total. The molecule has 25 heavy (non-hydrogen) atoms. The van der Waals surface area contributed by atoms with E-state index >= 15 is 0 Å². The van der Waals surface area contributed by atoms with Gasteiger partial charge in [-0.25, -0.2) is 0 Å². The highest BCUT2D eigenvalue weighted by Gasteiger charge is 2.30. The number of rotatable bonds is 6. The number of carbonyl (C=O) groups excluding carboxylic acids is 1. The van der Waals surface area contributed by atoms with Gasteiger partial charge in [0, 0.05) is 45.4 Å². The monoisotopic (exact) mass is 349 g/mol. The summed E-state index contributed by atoms with van der Waals surface area (Å²) in [6, 6.07) is 6.38. The maximum atomic E-state index is 12.3. The molecule has 2 aliphatic rings. The van der Waals surface area contributed by atoms with Gasteiger partial charge in [0.15, 0.2) is 5.75 Å². The maximum absolute atomic E-state index is 12.3. The lowest BCUT2D eigenvalue weighted by atomic mass is 10.2. The van der Waals surface area contributed by atoms with Crippen LogP contribution in [0.25, 0.3) is 0 Å². The normalized spacial score (nSPS) is 21.3. The van der Waals surface area contributed by atoms with Crippen molar-refractivity contribution in [2.45, 2.75) is 18.9 Å². The number of hydrogen-bond donors (Lipinski definition) is 0. The summed E-state index contributed by atoms with van der Waals surface area (Å²) in [5.74, 6) is 0.396. The SMILES string of the molecule is O=C(C1CCCO1)N1CCN(CCOc2ccccc2[N+](=O)[O-])CC1. The number of nitro groups is 1. The molecule has 0 spiro atoms. The van der Waals surface area contributed by atoms with Crippen LogP contribution in [0.2, 0.25) is 0 Å². The largest absolute Gasteiger partial charge is 0.485 e.